The summed E-state index contributed by atoms with van der Waals surface area (Å²) in [5.41, 5.74) is 0.569. The quantitative estimate of drug-likeness (QED) is 0.776. The Hall–Kier alpha value is -0.0800. The average Bonchev–Trinajstić information content (AvgIpc) is 2.36. The summed E-state index contributed by atoms with van der Waals surface area (Å²) in [6.45, 7) is 3.69. The molecule has 2 N–H and O–H groups in total. The highest BCUT2D eigenvalue weighted by molar-refractivity contribution is 9.10. The summed E-state index contributed by atoms with van der Waals surface area (Å²) in [5, 5.41) is 9.08. The van der Waals surface area contributed by atoms with E-state index < -0.39 is 10.0 Å². The maximum Gasteiger partial charge on any atom is 0.241 e. The predicted molar refractivity (Wildman–Crippen MR) is 82.8 cm³/mol. The summed E-state index contributed by atoms with van der Waals surface area (Å²) in [5.74, 6) is 1.68. The predicted octanol–water partition coefficient (Wildman–Crippen LogP) is 2.36. The lowest BCUT2D eigenvalue weighted by molar-refractivity contribution is 0.281. The first-order valence-corrected chi connectivity index (χ1v) is 9.33. The van der Waals surface area contributed by atoms with Crippen LogP contribution in [0.2, 0.25) is 0 Å². The van der Waals surface area contributed by atoms with E-state index in [1.165, 1.54) is 6.07 Å². The number of thioether (sulfide) groups is 1. The summed E-state index contributed by atoms with van der Waals surface area (Å²) in [7, 11) is -3.57. The van der Waals surface area contributed by atoms with Crippen molar-refractivity contribution in [1.82, 2.24) is 4.72 Å². The van der Waals surface area contributed by atoms with Gasteiger partial charge in [0.25, 0.3) is 0 Å². The van der Waals surface area contributed by atoms with Gasteiger partial charge in [0.1, 0.15) is 0 Å². The summed E-state index contributed by atoms with van der Waals surface area (Å²) in [6.07, 6.45) is 0. The SMILES string of the molecule is CCSCC(C)NS(=O)(=O)c1cc(CO)ccc1Br. The molecule has 19 heavy (non-hydrogen) atoms. The summed E-state index contributed by atoms with van der Waals surface area (Å²) in [4.78, 5) is 0.160. The highest BCUT2D eigenvalue weighted by atomic mass is 79.9. The lowest BCUT2D eigenvalue weighted by Gasteiger charge is -2.15. The highest BCUT2D eigenvalue weighted by Crippen LogP contribution is 2.23. The standard InChI is InChI=1S/C12H18BrNO3S2/c1-3-18-8-9(2)14-19(16,17)12-6-10(7-15)4-5-11(12)13/h4-6,9,14-15H,3,7-8H2,1-2H3. The second kappa shape index (κ2) is 7.64. The number of aliphatic hydroxyl groups excluding tert-OH is 1. The molecule has 1 rings (SSSR count). The van der Waals surface area contributed by atoms with Crippen LogP contribution in [0.25, 0.3) is 0 Å². The van der Waals surface area contributed by atoms with Gasteiger partial charge in [-0.3, -0.25) is 0 Å². The Labute approximate surface area is 127 Å². The molecule has 0 fully saturated rings. The first kappa shape index (κ1) is 17.0. The first-order chi connectivity index (χ1) is 8.90. The minimum atomic E-state index is -3.57. The van der Waals surface area contributed by atoms with Crippen LogP contribution in [0.15, 0.2) is 27.6 Å². The lowest BCUT2D eigenvalue weighted by Crippen LogP contribution is -2.34. The van der Waals surface area contributed by atoms with Crippen molar-refractivity contribution >= 4 is 37.7 Å². The molecule has 1 unspecified atom stereocenters. The van der Waals surface area contributed by atoms with Gasteiger partial charge in [0, 0.05) is 16.3 Å². The number of nitrogens with one attached hydrogen (secondary N) is 1. The molecule has 0 spiro atoms. The van der Waals surface area contributed by atoms with Gasteiger partial charge in [0.05, 0.1) is 11.5 Å². The summed E-state index contributed by atoms with van der Waals surface area (Å²) in [6, 6.07) is 4.65. The number of hydrogen-bond donors (Lipinski definition) is 2. The van der Waals surface area contributed by atoms with E-state index in [1.54, 1.807) is 23.9 Å². The third-order valence-corrected chi connectivity index (χ3v) is 6.12. The smallest absolute Gasteiger partial charge is 0.241 e. The van der Waals surface area contributed by atoms with Crippen LogP contribution in [-0.2, 0) is 16.6 Å². The van der Waals surface area contributed by atoms with Crippen molar-refractivity contribution in [3.8, 4) is 0 Å². The summed E-state index contributed by atoms with van der Waals surface area (Å²) >= 11 is 4.92. The molecular formula is C12H18BrNO3S2. The fourth-order valence-corrected chi connectivity index (χ4v) is 4.54. The van der Waals surface area contributed by atoms with Crippen molar-refractivity contribution < 1.29 is 13.5 Å². The number of aliphatic hydroxyl groups is 1. The second-order valence-corrected chi connectivity index (χ2v) is 7.96. The molecule has 0 bridgehead atoms. The van der Waals surface area contributed by atoms with E-state index in [1.807, 2.05) is 13.8 Å². The van der Waals surface area contributed by atoms with Gasteiger partial charge in [-0.1, -0.05) is 13.0 Å². The Bertz CT molecular complexity index is 520. The molecule has 1 aromatic rings. The van der Waals surface area contributed by atoms with E-state index in [4.69, 9.17) is 5.11 Å². The fraction of sp³-hybridized carbons (Fsp3) is 0.500. The normalized spacial score (nSPS) is 13.5. The van der Waals surface area contributed by atoms with Gasteiger partial charge >= 0.3 is 0 Å². The van der Waals surface area contributed by atoms with Gasteiger partial charge in [-0.15, -0.1) is 0 Å². The molecule has 108 valence electrons. The zero-order valence-electron chi connectivity index (χ0n) is 10.9. The molecule has 0 aliphatic rings. The Balaban J connectivity index is 2.93. The molecule has 7 heteroatoms. The Morgan fingerprint density at radius 1 is 1.47 bits per heavy atom. The van der Waals surface area contributed by atoms with Gasteiger partial charge in [-0.2, -0.15) is 11.8 Å². The Kier molecular flexibility index (Phi) is 6.82. The molecule has 0 heterocycles. The number of halogens is 1. The van der Waals surface area contributed by atoms with Crippen LogP contribution in [0.5, 0.6) is 0 Å². The Morgan fingerprint density at radius 3 is 2.74 bits per heavy atom. The van der Waals surface area contributed by atoms with E-state index >= 15 is 0 Å². The maximum absolute atomic E-state index is 12.3. The van der Waals surface area contributed by atoms with Gasteiger partial charge in [0.2, 0.25) is 10.0 Å². The molecule has 0 saturated heterocycles. The van der Waals surface area contributed by atoms with Crippen molar-refractivity contribution in [3.05, 3.63) is 28.2 Å². The molecule has 4 nitrogen and oxygen atoms in total. The minimum Gasteiger partial charge on any atom is -0.392 e. The van der Waals surface area contributed by atoms with Crippen molar-refractivity contribution in [3.63, 3.8) is 0 Å². The number of hydrogen-bond acceptors (Lipinski definition) is 4. The highest BCUT2D eigenvalue weighted by Gasteiger charge is 2.20. The van der Waals surface area contributed by atoms with Gasteiger partial charge in [0.15, 0.2) is 0 Å². The second-order valence-electron chi connectivity index (χ2n) is 4.10. The lowest BCUT2D eigenvalue weighted by atomic mass is 10.2. The minimum absolute atomic E-state index is 0.139. The maximum atomic E-state index is 12.3. The molecular weight excluding hydrogens is 350 g/mol. The fourth-order valence-electron chi connectivity index (χ4n) is 1.51. The van der Waals surface area contributed by atoms with Gasteiger partial charge in [-0.25, -0.2) is 13.1 Å². The van der Waals surface area contributed by atoms with E-state index in [9.17, 15) is 8.42 Å². The van der Waals surface area contributed by atoms with Crippen molar-refractivity contribution in [2.45, 2.75) is 31.4 Å². The van der Waals surface area contributed by atoms with Crippen molar-refractivity contribution in [2.75, 3.05) is 11.5 Å². The van der Waals surface area contributed by atoms with E-state index in [2.05, 4.69) is 20.7 Å². The van der Waals surface area contributed by atoms with Crippen LogP contribution in [-0.4, -0.2) is 31.1 Å². The Morgan fingerprint density at radius 2 is 2.16 bits per heavy atom. The molecule has 0 radical (unpaired) electrons. The average molecular weight is 368 g/mol. The summed E-state index contributed by atoms with van der Waals surface area (Å²) < 4.78 is 27.7. The van der Waals surface area contributed by atoms with Crippen LogP contribution in [0.4, 0.5) is 0 Å². The van der Waals surface area contributed by atoms with Crippen LogP contribution in [0.1, 0.15) is 19.4 Å². The zero-order chi connectivity index (χ0) is 14.5. The largest absolute Gasteiger partial charge is 0.392 e. The van der Waals surface area contributed by atoms with E-state index in [0.717, 1.165) is 11.5 Å². The van der Waals surface area contributed by atoms with Crippen molar-refractivity contribution in [1.29, 1.82) is 0 Å². The molecule has 0 aromatic heterocycles. The topological polar surface area (TPSA) is 66.4 Å². The molecule has 0 aliphatic heterocycles. The number of benzene rings is 1. The zero-order valence-corrected chi connectivity index (χ0v) is 14.1. The van der Waals surface area contributed by atoms with Crippen LogP contribution < -0.4 is 4.72 Å². The molecule has 0 amide bonds. The molecule has 0 aliphatic carbocycles. The van der Waals surface area contributed by atoms with Gasteiger partial charge < -0.3 is 5.11 Å². The monoisotopic (exact) mass is 367 g/mol. The molecule has 1 aromatic carbocycles. The van der Waals surface area contributed by atoms with Crippen LogP contribution in [0.3, 0.4) is 0 Å². The number of sulfonamides is 1. The third kappa shape index (κ3) is 5.07. The van der Waals surface area contributed by atoms with Crippen LogP contribution in [0, 0.1) is 0 Å². The van der Waals surface area contributed by atoms with E-state index in [0.29, 0.717) is 10.0 Å². The van der Waals surface area contributed by atoms with E-state index in [-0.39, 0.29) is 17.5 Å². The van der Waals surface area contributed by atoms with Gasteiger partial charge in [-0.05, 0) is 46.3 Å². The molecule has 1 atom stereocenters. The van der Waals surface area contributed by atoms with Crippen LogP contribution >= 0.6 is 27.7 Å². The number of rotatable bonds is 7. The molecule has 0 saturated carbocycles. The van der Waals surface area contributed by atoms with Crippen molar-refractivity contribution in [2.24, 2.45) is 0 Å². The third-order valence-electron chi connectivity index (χ3n) is 2.40. The first-order valence-electron chi connectivity index (χ1n) is 5.90.